The van der Waals surface area contributed by atoms with Gasteiger partial charge in [0.05, 0.1) is 0 Å². The van der Waals surface area contributed by atoms with Crippen LogP contribution in [0.4, 0.5) is 0 Å². The first kappa shape index (κ1) is 6.59. The zero-order chi connectivity index (χ0) is 6.85. The van der Waals surface area contributed by atoms with Gasteiger partial charge in [0.1, 0.15) is 0 Å². The Morgan fingerprint density at radius 1 is 1.78 bits per heavy atom. The maximum absolute atomic E-state index is 10.7. The van der Waals surface area contributed by atoms with Crippen LogP contribution in [0, 0.1) is 5.92 Å². The standard InChI is InChI=1S/C7H13NO/c1-3-7(9)8-6-4-5(6)2/h5-6H,3-4H2,1-2H3,(H,8,9)/t5-,6+/m1/s1. The highest BCUT2D eigenvalue weighted by Gasteiger charge is 2.33. The van der Waals surface area contributed by atoms with Crippen LogP contribution >= 0.6 is 0 Å². The average Bonchev–Trinajstić information content (AvgIpc) is 2.47. The molecule has 0 heterocycles. The summed E-state index contributed by atoms with van der Waals surface area (Å²) in [6.45, 7) is 4.03. The van der Waals surface area contributed by atoms with E-state index in [4.69, 9.17) is 0 Å². The summed E-state index contributed by atoms with van der Waals surface area (Å²) >= 11 is 0. The molecule has 0 aromatic carbocycles. The second kappa shape index (κ2) is 2.38. The van der Waals surface area contributed by atoms with Crippen molar-refractivity contribution in [3.63, 3.8) is 0 Å². The molecular formula is C7H13NO. The molecule has 0 radical (unpaired) electrons. The molecule has 0 spiro atoms. The fraction of sp³-hybridized carbons (Fsp3) is 0.857. The van der Waals surface area contributed by atoms with Gasteiger partial charge in [-0.2, -0.15) is 0 Å². The number of nitrogens with one attached hydrogen (secondary N) is 1. The molecule has 1 fully saturated rings. The van der Waals surface area contributed by atoms with Crippen molar-refractivity contribution in [1.82, 2.24) is 5.32 Å². The summed E-state index contributed by atoms with van der Waals surface area (Å²) in [5.41, 5.74) is 0. The Hall–Kier alpha value is -0.530. The van der Waals surface area contributed by atoms with Gasteiger partial charge in [0.25, 0.3) is 0 Å². The van der Waals surface area contributed by atoms with E-state index in [1.54, 1.807) is 0 Å². The highest BCUT2D eigenvalue weighted by atomic mass is 16.1. The van der Waals surface area contributed by atoms with Gasteiger partial charge in [0, 0.05) is 12.5 Å². The predicted octanol–water partition coefficient (Wildman–Crippen LogP) is 0.921. The van der Waals surface area contributed by atoms with Crippen molar-refractivity contribution >= 4 is 5.91 Å². The fourth-order valence-electron chi connectivity index (χ4n) is 0.832. The molecule has 0 unspecified atom stereocenters. The minimum Gasteiger partial charge on any atom is -0.353 e. The number of carbonyl (C=O) groups is 1. The minimum atomic E-state index is 0.185. The molecule has 2 heteroatoms. The van der Waals surface area contributed by atoms with E-state index in [1.165, 1.54) is 6.42 Å². The van der Waals surface area contributed by atoms with E-state index < -0.39 is 0 Å². The summed E-state index contributed by atoms with van der Waals surface area (Å²) in [7, 11) is 0. The molecule has 9 heavy (non-hydrogen) atoms. The highest BCUT2D eigenvalue weighted by molar-refractivity contribution is 5.76. The van der Waals surface area contributed by atoms with Crippen molar-refractivity contribution in [2.45, 2.75) is 32.7 Å². The number of amides is 1. The Morgan fingerprint density at radius 3 is 2.67 bits per heavy atom. The molecular weight excluding hydrogens is 114 g/mol. The van der Waals surface area contributed by atoms with Crippen LogP contribution in [0.1, 0.15) is 26.7 Å². The van der Waals surface area contributed by atoms with Crippen molar-refractivity contribution in [3.8, 4) is 0 Å². The summed E-state index contributed by atoms with van der Waals surface area (Å²) in [6, 6.07) is 0.498. The van der Waals surface area contributed by atoms with Crippen molar-refractivity contribution in [2.75, 3.05) is 0 Å². The second-order valence-corrected chi connectivity index (χ2v) is 2.74. The molecule has 0 aliphatic heterocycles. The number of carbonyl (C=O) groups excluding carboxylic acids is 1. The zero-order valence-corrected chi connectivity index (χ0v) is 5.98. The summed E-state index contributed by atoms with van der Waals surface area (Å²) < 4.78 is 0. The van der Waals surface area contributed by atoms with E-state index in [0.29, 0.717) is 12.5 Å². The lowest BCUT2D eigenvalue weighted by Gasteiger charge is -1.98. The van der Waals surface area contributed by atoms with Gasteiger partial charge in [0.2, 0.25) is 5.91 Å². The van der Waals surface area contributed by atoms with Gasteiger partial charge in [-0.05, 0) is 12.3 Å². The first-order valence-electron chi connectivity index (χ1n) is 3.53. The first-order chi connectivity index (χ1) is 4.24. The van der Waals surface area contributed by atoms with Gasteiger partial charge < -0.3 is 5.32 Å². The third-order valence-corrected chi connectivity index (χ3v) is 1.78. The van der Waals surface area contributed by atoms with E-state index in [1.807, 2.05) is 6.92 Å². The van der Waals surface area contributed by atoms with Crippen LogP contribution in [0.3, 0.4) is 0 Å². The van der Waals surface area contributed by atoms with E-state index >= 15 is 0 Å². The maximum atomic E-state index is 10.7. The van der Waals surface area contributed by atoms with E-state index in [9.17, 15) is 4.79 Å². The van der Waals surface area contributed by atoms with Crippen molar-refractivity contribution in [3.05, 3.63) is 0 Å². The molecule has 2 nitrogen and oxygen atoms in total. The lowest BCUT2D eigenvalue weighted by Crippen LogP contribution is -2.25. The monoisotopic (exact) mass is 127 g/mol. The van der Waals surface area contributed by atoms with Crippen molar-refractivity contribution in [1.29, 1.82) is 0 Å². The van der Waals surface area contributed by atoms with Gasteiger partial charge >= 0.3 is 0 Å². The number of hydrogen-bond donors (Lipinski definition) is 1. The molecule has 0 bridgehead atoms. The van der Waals surface area contributed by atoms with Crippen molar-refractivity contribution < 1.29 is 4.79 Å². The summed E-state index contributed by atoms with van der Waals surface area (Å²) in [5, 5.41) is 2.91. The molecule has 1 aliphatic carbocycles. The average molecular weight is 127 g/mol. The molecule has 0 aromatic rings. The van der Waals surface area contributed by atoms with Crippen LogP contribution in [-0.2, 0) is 4.79 Å². The van der Waals surface area contributed by atoms with Crippen LogP contribution in [0.2, 0.25) is 0 Å². The molecule has 1 saturated carbocycles. The Balaban J connectivity index is 2.12. The topological polar surface area (TPSA) is 29.1 Å². The van der Waals surface area contributed by atoms with Gasteiger partial charge in [-0.15, -0.1) is 0 Å². The molecule has 1 aliphatic rings. The molecule has 52 valence electrons. The van der Waals surface area contributed by atoms with Crippen molar-refractivity contribution in [2.24, 2.45) is 5.92 Å². The van der Waals surface area contributed by atoms with Crippen LogP contribution in [0.15, 0.2) is 0 Å². The van der Waals surface area contributed by atoms with Crippen LogP contribution in [-0.4, -0.2) is 11.9 Å². The van der Waals surface area contributed by atoms with Gasteiger partial charge in [-0.25, -0.2) is 0 Å². The Bertz CT molecular complexity index is 122. The largest absolute Gasteiger partial charge is 0.353 e. The van der Waals surface area contributed by atoms with E-state index in [2.05, 4.69) is 12.2 Å². The SMILES string of the molecule is CCC(=O)N[C@H]1C[C@H]1C. The van der Waals surface area contributed by atoms with Gasteiger partial charge in [0.15, 0.2) is 0 Å². The summed E-state index contributed by atoms with van der Waals surface area (Å²) in [5.74, 6) is 0.907. The van der Waals surface area contributed by atoms with Gasteiger partial charge in [-0.3, -0.25) is 4.79 Å². The second-order valence-electron chi connectivity index (χ2n) is 2.74. The van der Waals surface area contributed by atoms with Gasteiger partial charge in [-0.1, -0.05) is 13.8 Å². The third kappa shape index (κ3) is 1.70. The number of hydrogen-bond acceptors (Lipinski definition) is 1. The minimum absolute atomic E-state index is 0.185. The molecule has 1 N–H and O–H groups in total. The third-order valence-electron chi connectivity index (χ3n) is 1.78. The van der Waals surface area contributed by atoms with Crippen LogP contribution in [0.25, 0.3) is 0 Å². The maximum Gasteiger partial charge on any atom is 0.219 e. The molecule has 0 aromatic heterocycles. The zero-order valence-electron chi connectivity index (χ0n) is 5.98. The molecule has 1 amide bonds. The predicted molar refractivity (Wildman–Crippen MR) is 36.0 cm³/mol. The van der Waals surface area contributed by atoms with E-state index in [-0.39, 0.29) is 5.91 Å². The first-order valence-corrected chi connectivity index (χ1v) is 3.53. The van der Waals surface area contributed by atoms with Crippen LogP contribution in [0.5, 0.6) is 0 Å². The highest BCUT2D eigenvalue weighted by Crippen LogP contribution is 2.28. The molecule has 0 saturated heterocycles. The quantitative estimate of drug-likeness (QED) is 0.587. The summed E-state index contributed by atoms with van der Waals surface area (Å²) in [4.78, 5) is 10.7. The Kier molecular flexibility index (Phi) is 1.74. The summed E-state index contributed by atoms with van der Waals surface area (Å²) in [6.07, 6.45) is 1.79. The Labute approximate surface area is 55.6 Å². The number of rotatable bonds is 2. The molecule has 1 rings (SSSR count). The van der Waals surface area contributed by atoms with E-state index in [0.717, 1.165) is 5.92 Å². The lowest BCUT2D eigenvalue weighted by atomic mass is 10.4. The smallest absolute Gasteiger partial charge is 0.219 e. The fourth-order valence-corrected chi connectivity index (χ4v) is 0.832. The normalized spacial score (nSPS) is 31.8. The molecule has 2 atom stereocenters. The lowest BCUT2D eigenvalue weighted by molar-refractivity contribution is -0.120. The van der Waals surface area contributed by atoms with Crippen LogP contribution < -0.4 is 5.32 Å². The Morgan fingerprint density at radius 2 is 2.33 bits per heavy atom.